The van der Waals surface area contributed by atoms with Crippen LogP contribution in [0.3, 0.4) is 0 Å². The summed E-state index contributed by atoms with van der Waals surface area (Å²) in [5.41, 5.74) is -0.161. The fourth-order valence-electron chi connectivity index (χ4n) is 2.24. The molecule has 1 amide bonds. The maximum Gasteiger partial charge on any atom is 0.335 e. The first-order valence-corrected chi connectivity index (χ1v) is 9.19. The third-order valence-corrected chi connectivity index (χ3v) is 5.25. The van der Waals surface area contributed by atoms with E-state index < -0.39 is 16.0 Å². The molecule has 24 heavy (non-hydrogen) atoms. The number of aromatic carboxylic acids is 1. The lowest BCUT2D eigenvalue weighted by Crippen LogP contribution is -2.33. The molecule has 1 N–H and O–H groups in total. The summed E-state index contributed by atoms with van der Waals surface area (Å²) in [7, 11) is -1.14. The first kappa shape index (κ1) is 20.1. The molecule has 0 bridgehead atoms. The Morgan fingerprint density at radius 3 is 1.92 bits per heavy atom. The van der Waals surface area contributed by atoms with Crippen LogP contribution in [-0.4, -0.2) is 61.8 Å². The highest BCUT2D eigenvalue weighted by atomic mass is 32.2. The van der Waals surface area contributed by atoms with Gasteiger partial charge in [0.1, 0.15) is 0 Å². The summed E-state index contributed by atoms with van der Waals surface area (Å²) in [4.78, 5) is 25.4. The van der Waals surface area contributed by atoms with Crippen molar-refractivity contribution in [2.45, 2.75) is 31.6 Å². The fraction of sp³-hybridized carbons (Fsp3) is 0.500. The Hall–Kier alpha value is -1.93. The lowest BCUT2D eigenvalue weighted by molar-refractivity contribution is 0.0696. The molecular formula is C16H24N2O5S. The molecule has 0 saturated carbocycles. The van der Waals surface area contributed by atoms with Crippen LogP contribution in [0.5, 0.6) is 0 Å². The highest BCUT2D eigenvalue weighted by molar-refractivity contribution is 7.89. The molecule has 0 fully saturated rings. The number of sulfonamides is 1. The molecule has 0 atom stereocenters. The van der Waals surface area contributed by atoms with E-state index in [9.17, 15) is 23.1 Å². The Labute approximate surface area is 142 Å². The molecule has 0 spiro atoms. The van der Waals surface area contributed by atoms with E-state index in [2.05, 4.69) is 0 Å². The number of nitrogens with zero attached hydrogens (tertiary/aromatic N) is 2. The number of hydrogen-bond acceptors (Lipinski definition) is 4. The summed E-state index contributed by atoms with van der Waals surface area (Å²) in [5.74, 6) is -1.64. The van der Waals surface area contributed by atoms with Crippen LogP contribution in [0.15, 0.2) is 23.1 Å². The van der Waals surface area contributed by atoms with E-state index in [1.807, 2.05) is 13.8 Å². The molecule has 0 radical (unpaired) electrons. The predicted octanol–water partition coefficient (Wildman–Crippen LogP) is 1.90. The van der Waals surface area contributed by atoms with E-state index in [0.717, 1.165) is 23.2 Å². The Morgan fingerprint density at radius 1 is 1.00 bits per heavy atom. The Balaban J connectivity index is 3.45. The smallest absolute Gasteiger partial charge is 0.335 e. The van der Waals surface area contributed by atoms with Gasteiger partial charge in [-0.05, 0) is 31.0 Å². The lowest BCUT2D eigenvalue weighted by Gasteiger charge is -2.22. The van der Waals surface area contributed by atoms with E-state index in [-0.39, 0.29) is 21.9 Å². The summed E-state index contributed by atoms with van der Waals surface area (Å²) in [6, 6.07) is 3.53. The van der Waals surface area contributed by atoms with Gasteiger partial charge in [-0.3, -0.25) is 4.79 Å². The van der Waals surface area contributed by atoms with Crippen LogP contribution >= 0.6 is 0 Å². The van der Waals surface area contributed by atoms with Crippen molar-refractivity contribution >= 4 is 21.9 Å². The molecule has 1 aromatic rings. The minimum Gasteiger partial charge on any atom is -0.478 e. The average molecular weight is 356 g/mol. The van der Waals surface area contributed by atoms with Crippen molar-refractivity contribution in [2.75, 3.05) is 27.2 Å². The van der Waals surface area contributed by atoms with Crippen LogP contribution in [0, 0.1) is 0 Å². The highest BCUT2D eigenvalue weighted by Gasteiger charge is 2.23. The summed E-state index contributed by atoms with van der Waals surface area (Å²) in [6.07, 6.45) is 1.51. The molecule has 0 heterocycles. The van der Waals surface area contributed by atoms with Crippen LogP contribution in [0.1, 0.15) is 47.4 Å². The summed E-state index contributed by atoms with van der Waals surface area (Å²) >= 11 is 0. The van der Waals surface area contributed by atoms with Gasteiger partial charge in [0.25, 0.3) is 5.91 Å². The first-order chi connectivity index (χ1) is 11.1. The topological polar surface area (TPSA) is 95.0 Å². The molecule has 0 aliphatic rings. The maximum absolute atomic E-state index is 12.7. The van der Waals surface area contributed by atoms with Gasteiger partial charge in [0.15, 0.2) is 0 Å². The van der Waals surface area contributed by atoms with Gasteiger partial charge in [-0.1, -0.05) is 13.8 Å². The molecule has 8 heteroatoms. The fourth-order valence-corrected chi connectivity index (χ4v) is 3.22. The molecule has 0 aromatic heterocycles. The summed E-state index contributed by atoms with van der Waals surface area (Å²) < 4.78 is 25.6. The van der Waals surface area contributed by atoms with Gasteiger partial charge in [-0.15, -0.1) is 0 Å². The molecule has 0 aliphatic carbocycles. The van der Waals surface area contributed by atoms with E-state index in [1.54, 1.807) is 4.90 Å². The molecule has 1 rings (SSSR count). The number of carbonyl (C=O) groups excluding carboxylic acids is 1. The zero-order valence-electron chi connectivity index (χ0n) is 14.4. The number of hydrogen-bond donors (Lipinski definition) is 1. The SMILES string of the molecule is CCCN(CCC)C(=O)c1cc(C(=O)O)cc(S(=O)(=O)N(C)C)c1. The average Bonchev–Trinajstić information content (AvgIpc) is 2.53. The highest BCUT2D eigenvalue weighted by Crippen LogP contribution is 2.20. The zero-order valence-corrected chi connectivity index (χ0v) is 15.3. The van der Waals surface area contributed by atoms with Gasteiger partial charge in [0, 0.05) is 32.7 Å². The molecular weight excluding hydrogens is 332 g/mol. The van der Waals surface area contributed by atoms with Gasteiger partial charge < -0.3 is 10.0 Å². The van der Waals surface area contributed by atoms with Crippen molar-refractivity contribution in [2.24, 2.45) is 0 Å². The molecule has 1 aromatic carbocycles. The van der Waals surface area contributed by atoms with E-state index >= 15 is 0 Å². The van der Waals surface area contributed by atoms with Crippen molar-refractivity contribution in [3.63, 3.8) is 0 Å². The standard InChI is InChI=1S/C16H24N2O5S/c1-5-7-18(8-6-2)15(19)12-9-13(16(20)21)11-14(10-12)24(22,23)17(3)4/h9-11H,5-8H2,1-4H3,(H,20,21). The van der Waals surface area contributed by atoms with Gasteiger partial charge in [0.2, 0.25) is 10.0 Å². The van der Waals surface area contributed by atoms with Crippen molar-refractivity contribution in [3.8, 4) is 0 Å². The van der Waals surface area contributed by atoms with Crippen molar-refractivity contribution in [1.82, 2.24) is 9.21 Å². The zero-order chi connectivity index (χ0) is 18.5. The third-order valence-electron chi connectivity index (χ3n) is 3.45. The number of rotatable bonds is 8. The Kier molecular flexibility index (Phi) is 6.92. The summed E-state index contributed by atoms with van der Waals surface area (Å²) in [6.45, 7) is 4.93. The summed E-state index contributed by atoms with van der Waals surface area (Å²) in [5, 5.41) is 9.23. The normalized spacial score (nSPS) is 11.5. The Morgan fingerprint density at radius 2 is 1.50 bits per heavy atom. The first-order valence-electron chi connectivity index (χ1n) is 7.75. The molecule has 0 unspecified atom stereocenters. The van der Waals surface area contributed by atoms with Crippen LogP contribution < -0.4 is 0 Å². The molecule has 0 aliphatic heterocycles. The quantitative estimate of drug-likeness (QED) is 0.767. The predicted molar refractivity (Wildman–Crippen MR) is 90.8 cm³/mol. The Bertz CT molecular complexity index is 707. The minimum absolute atomic E-state index is 0.0669. The maximum atomic E-state index is 12.7. The largest absolute Gasteiger partial charge is 0.478 e. The van der Waals surface area contributed by atoms with Gasteiger partial charge in [-0.2, -0.15) is 0 Å². The van der Waals surface area contributed by atoms with Crippen LogP contribution in [0.4, 0.5) is 0 Å². The van der Waals surface area contributed by atoms with Crippen molar-refractivity contribution in [1.29, 1.82) is 0 Å². The molecule has 0 saturated heterocycles. The van der Waals surface area contributed by atoms with Crippen molar-refractivity contribution < 1.29 is 23.1 Å². The number of carboxylic acids is 1. The number of carbonyl (C=O) groups is 2. The number of benzene rings is 1. The molecule has 134 valence electrons. The second kappa shape index (κ2) is 8.25. The number of amides is 1. The third kappa shape index (κ3) is 4.55. The lowest BCUT2D eigenvalue weighted by atomic mass is 10.1. The van der Waals surface area contributed by atoms with Crippen molar-refractivity contribution in [3.05, 3.63) is 29.3 Å². The van der Waals surface area contributed by atoms with E-state index in [0.29, 0.717) is 13.1 Å². The second-order valence-electron chi connectivity index (χ2n) is 5.63. The van der Waals surface area contributed by atoms with Crippen LogP contribution in [0.2, 0.25) is 0 Å². The monoisotopic (exact) mass is 356 g/mol. The van der Waals surface area contributed by atoms with E-state index in [4.69, 9.17) is 0 Å². The van der Waals surface area contributed by atoms with Gasteiger partial charge >= 0.3 is 5.97 Å². The second-order valence-corrected chi connectivity index (χ2v) is 7.78. The van der Waals surface area contributed by atoms with Crippen LogP contribution in [-0.2, 0) is 10.0 Å². The van der Waals surface area contributed by atoms with Gasteiger partial charge in [0.05, 0.1) is 10.5 Å². The van der Waals surface area contributed by atoms with E-state index in [1.165, 1.54) is 26.2 Å². The number of carboxylic acid groups (broad SMARTS) is 1. The molecule has 7 nitrogen and oxygen atoms in total. The van der Waals surface area contributed by atoms with Gasteiger partial charge in [-0.25, -0.2) is 17.5 Å². The van der Waals surface area contributed by atoms with Crippen LogP contribution in [0.25, 0.3) is 0 Å². The minimum atomic E-state index is -3.84.